The third kappa shape index (κ3) is 3.78. The molecule has 5 nitrogen and oxygen atoms in total. The molecule has 1 heterocycles. The summed E-state index contributed by atoms with van der Waals surface area (Å²) in [7, 11) is 0. The molecule has 22 heavy (non-hydrogen) atoms. The van der Waals surface area contributed by atoms with Gasteiger partial charge in [0.1, 0.15) is 17.4 Å². The van der Waals surface area contributed by atoms with Gasteiger partial charge >= 0.3 is 0 Å². The molecule has 0 aliphatic heterocycles. The Balaban J connectivity index is 2.11. The predicted molar refractivity (Wildman–Crippen MR) is 89.0 cm³/mol. The number of thioether (sulfide) groups is 1. The van der Waals surface area contributed by atoms with Crippen molar-refractivity contribution in [2.45, 2.75) is 18.2 Å². The van der Waals surface area contributed by atoms with E-state index >= 15 is 0 Å². The lowest BCUT2D eigenvalue weighted by Crippen LogP contribution is -2.10. The first-order valence-electron chi connectivity index (χ1n) is 6.61. The molecule has 1 aromatic heterocycles. The number of thiazole rings is 1. The number of fused-ring (bicyclic) bond motifs is 1. The van der Waals surface area contributed by atoms with Gasteiger partial charge in [-0.2, -0.15) is 5.26 Å². The summed E-state index contributed by atoms with van der Waals surface area (Å²) in [6.45, 7) is 4.10. The molecular formula is C15H15N3O2S2. The van der Waals surface area contributed by atoms with Crippen LogP contribution in [0.4, 0.5) is 0 Å². The van der Waals surface area contributed by atoms with Crippen LogP contribution < -0.4 is 10.5 Å². The zero-order valence-corrected chi connectivity index (χ0v) is 13.9. The Morgan fingerprint density at radius 2 is 2.32 bits per heavy atom. The van der Waals surface area contributed by atoms with Crippen LogP contribution in [0.15, 0.2) is 33.8 Å². The zero-order valence-electron chi connectivity index (χ0n) is 12.3. The number of ketones is 1. The molecule has 1 aromatic carbocycles. The topological polar surface area (TPSA) is 89.0 Å². The first kappa shape index (κ1) is 16.3. The van der Waals surface area contributed by atoms with Crippen LogP contribution in [0.3, 0.4) is 0 Å². The minimum Gasteiger partial charge on any atom is -0.494 e. The average Bonchev–Trinajstić information content (AvgIpc) is 2.88. The largest absolute Gasteiger partial charge is 0.494 e. The fourth-order valence-corrected chi connectivity index (χ4v) is 3.74. The minimum absolute atomic E-state index is 0.0206. The quantitative estimate of drug-likeness (QED) is 0.496. The summed E-state index contributed by atoms with van der Waals surface area (Å²) in [5, 5.41) is 8.91. The van der Waals surface area contributed by atoms with Crippen LogP contribution in [0.1, 0.15) is 13.8 Å². The van der Waals surface area contributed by atoms with Gasteiger partial charge < -0.3 is 10.5 Å². The lowest BCUT2D eigenvalue weighted by Gasteiger charge is -2.00. The molecule has 2 N–H and O–H groups in total. The number of nitrogens with two attached hydrogens (primary N) is 1. The van der Waals surface area contributed by atoms with Gasteiger partial charge in [-0.1, -0.05) is 11.8 Å². The second kappa shape index (κ2) is 7.29. The van der Waals surface area contributed by atoms with E-state index in [-0.39, 0.29) is 22.8 Å². The van der Waals surface area contributed by atoms with Crippen molar-refractivity contribution < 1.29 is 9.53 Å². The smallest absolute Gasteiger partial charge is 0.185 e. The molecule has 0 unspecified atom stereocenters. The molecule has 0 saturated carbocycles. The van der Waals surface area contributed by atoms with Gasteiger partial charge in [0.2, 0.25) is 0 Å². The molecule has 0 radical (unpaired) electrons. The molecule has 0 amide bonds. The Hall–Kier alpha value is -2.04. The molecule has 0 aliphatic rings. The summed E-state index contributed by atoms with van der Waals surface area (Å²) < 4.78 is 7.24. The third-order valence-electron chi connectivity index (χ3n) is 2.76. The number of allylic oxidation sites excluding steroid dienone is 2. The molecule has 0 spiro atoms. The number of Topliss-reactive ketones (excluding diaryl/α,β-unsaturated/α-hetero) is 1. The maximum absolute atomic E-state index is 11.9. The Bertz CT molecular complexity index is 771. The molecule has 2 rings (SSSR count). The van der Waals surface area contributed by atoms with Crippen LogP contribution in [0.25, 0.3) is 10.2 Å². The number of hydrogen-bond donors (Lipinski definition) is 1. The van der Waals surface area contributed by atoms with E-state index in [2.05, 4.69) is 4.98 Å². The van der Waals surface area contributed by atoms with Crippen molar-refractivity contribution in [2.24, 2.45) is 5.73 Å². The highest BCUT2D eigenvalue weighted by molar-refractivity contribution is 8.01. The SMILES string of the molecule is CCOc1ccc2nc(SCC(=O)/C(C#N)=C(/C)N)sc2c1. The van der Waals surface area contributed by atoms with Crippen LogP contribution >= 0.6 is 23.1 Å². The normalized spacial score (nSPS) is 11.9. The number of carbonyl (C=O) groups is 1. The van der Waals surface area contributed by atoms with E-state index in [0.29, 0.717) is 6.61 Å². The summed E-state index contributed by atoms with van der Waals surface area (Å²) in [6.07, 6.45) is 0. The van der Waals surface area contributed by atoms with Crippen molar-refractivity contribution in [2.75, 3.05) is 12.4 Å². The number of benzene rings is 1. The zero-order chi connectivity index (χ0) is 16.1. The summed E-state index contributed by atoms with van der Waals surface area (Å²) in [6, 6.07) is 7.55. The van der Waals surface area contributed by atoms with Gasteiger partial charge in [0.05, 0.1) is 22.6 Å². The van der Waals surface area contributed by atoms with Crippen LogP contribution in [0.5, 0.6) is 5.75 Å². The van der Waals surface area contributed by atoms with Crippen molar-refractivity contribution in [1.82, 2.24) is 4.98 Å². The van der Waals surface area contributed by atoms with Crippen LogP contribution in [-0.2, 0) is 4.79 Å². The van der Waals surface area contributed by atoms with E-state index in [1.807, 2.05) is 31.2 Å². The van der Waals surface area contributed by atoms with Gasteiger partial charge in [0.25, 0.3) is 0 Å². The number of ether oxygens (including phenoxy) is 1. The fourth-order valence-electron chi connectivity index (χ4n) is 1.77. The fraction of sp³-hybridized carbons (Fsp3) is 0.267. The Labute approximate surface area is 136 Å². The van der Waals surface area contributed by atoms with Gasteiger partial charge in [-0.3, -0.25) is 4.79 Å². The van der Waals surface area contributed by atoms with Crippen LogP contribution in [-0.4, -0.2) is 23.1 Å². The van der Waals surface area contributed by atoms with Gasteiger partial charge in [0.15, 0.2) is 10.1 Å². The van der Waals surface area contributed by atoms with Crippen LogP contribution in [0.2, 0.25) is 0 Å². The summed E-state index contributed by atoms with van der Waals surface area (Å²) in [5.74, 6) is 0.678. The van der Waals surface area contributed by atoms with E-state index in [0.717, 1.165) is 20.3 Å². The molecular weight excluding hydrogens is 318 g/mol. The average molecular weight is 333 g/mol. The van der Waals surface area contributed by atoms with Crippen molar-refractivity contribution in [1.29, 1.82) is 5.26 Å². The van der Waals surface area contributed by atoms with Gasteiger partial charge in [-0.15, -0.1) is 11.3 Å². The molecule has 0 bridgehead atoms. The highest BCUT2D eigenvalue weighted by Gasteiger charge is 2.13. The van der Waals surface area contributed by atoms with Gasteiger partial charge in [-0.05, 0) is 32.0 Å². The molecule has 7 heteroatoms. The van der Waals surface area contributed by atoms with E-state index < -0.39 is 0 Å². The third-order valence-corrected chi connectivity index (χ3v) is 4.92. The van der Waals surface area contributed by atoms with Crippen molar-refractivity contribution in [3.8, 4) is 11.8 Å². The highest BCUT2D eigenvalue weighted by Crippen LogP contribution is 2.32. The van der Waals surface area contributed by atoms with Crippen molar-refractivity contribution in [3.05, 3.63) is 29.5 Å². The molecule has 0 aliphatic carbocycles. The standard InChI is InChI=1S/C15H15N3O2S2/c1-3-20-10-4-5-12-14(6-10)22-15(18-12)21-8-13(19)11(7-16)9(2)17/h4-6H,3,8,17H2,1-2H3/b11-9-. The van der Waals surface area contributed by atoms with Gasteiger partial charge in [0, 0.05) is 5.70 Å². The summed E-state index contributed by atoms with van der Waals surface area (Å²) >= 11 is 2.81. The molecule has 114 valence electrons. The first-order valence-corrected chi connectivity index (χ1v) is 8.41. The minimum atomic E-state index is -0.276. The predicted octanol–water partition coefficient (Wildman–Crippen LogP) is 3.11. The lowest BCUT2D eigenvalue weighted by molar-refractivity contribution is -0.112. The Morgan fingerprint density at radius 1 is 1.55 bits per heavy atom. The van der Waals surface area contributed by atoms with E-state index in [1.165, 1.54) is 23.1 Å². The summed E-state index contributed by atoms with van der Waals surface area (Å²) in [4.78, 5) is 16.4. The lowest BCUT2D eigenvalue weighted by atomic mass is 10.2. The van der Waals surface area contributed by atoms with Crippen LogP contribution in [0, 0.1) is 11.3 Å². The van der Waals surface area contributed by atoms with Crippen molar-refractivity contribution in [3.63, 3.8) is 0 Å². The Morgan fingerprint density at radius 3 is 2.95 bits per heavy atom. The van der Waals surface area contributed by atoms with Crippen molar-refractivity contribution >= 4 is 39.1 Å². The second-order valence-corrected chi connectivity index (χ2v) is 6.68. The number of carbonyl (C=O) groups excluding carboxylic acids is 1. The number of hydrogen-bond acceptors (Lipinski definition) is 7. The van der Waals surface area contributed by atoms with E-state index in [1.54, 1.807) is 6.92 Å². The van der Waals surface area contributed by atoms with Gasteiger partial charge in [-0.25, -0.2) is 4.98 Å². The molecule has 0 atom stereocenters. The molecule has 0 saturated heterocycles. The maximum atomic E-state index is 11.9. The first-order chi connectivity index (χ1) is 10.5. The maximum Gasteiger partial charge on any atom is 0.185 e. The summed E-state index contributed by atoms with van der Waals surface area (Å²) in [5.41, 5.74) is 6.66. The number of nitriles is 1. The highest BCUT2D eigenvalue weighted by atomic mass is 32.2. The molecule has 0 fully saturated rings. The number of rotatable bonds is 6. The monoisotopic (exact) mass is 333 g/mol. The molecule has 2 aromatic rings. The van der Waals surface area contributed by atoms with E-state index in [9.17, 15) is 4.79 Å². The number of aromatic nitrogens is 1. The number of nitrogens with zero attached hydrogens (tertiary/aromatic N) is 2. The Kier molecular flexibility index (Phi) is 5.41. The second-order valence-electron chi connectivity index (χ2n) is 4.42. The van der Waals surface area contributed by atoms with E-state index in [4.69, 9.17) is 15.7 Å².